The number of rotatable bonds is 6. The van der Waals surface area contributed by atoms with Crippen LogP contribution in [-0.4, -0.2) is 21.3 Å². The van der Waals surface area contributed by atoms with Crippen molar-refractivity contribution in [3.63, 3.8) is 0 Å². The number of H-pyrrole nitrogens is 1. The van der Waals surface area contributed by atoms with Gasteiger partial charge in [0, 0.05) is 21.2 Å². The molecule has 2 aromatic heterocycles. The molecule has 0 amide bonds. The normalized spacial score (nSPS) is 12.5. The topological polar surface area (TPSA) is 66.0 Å². The zero-order chi connectivity index (χ0) is 22.0. The van der Waals surface area contributed by atoms with Crippen molar-refractivity contribution in [1.82, 2.24) is 10.2 Å². The number of aromatic nitrogens is 2. The molecule has 0 fully saturated rings. The van der Waals surface area contributed by atoms with Gasteiger partial charge in [-0.1, -0.05) is 37.3 Å². The Kier molecular flexibility index (Phi) is 5.87. The number of thiophene rings is 1. The fourth-order valence-electron chi connectivity index (χ4n) is 3.97. The SMILES string of the molecule is CC/C(=C(/c1ccc(/C=C/C(=O)O)cc1)c1ccc2[nH]ncc2c1)c1cc(C)sc1C. The first-order chi connectivity index (χ1) is 15.0. The van der Waals surface area contributed by atoms with E-state index in [1.807, 2.05) is 29.7 Å². The van der Waals surface area contributed by atoms with Crippen LogP contribution >= 0.6 is 11.3 Å². The predicted molar refractivity (Wildman–Crippen MR) is 129 cm³/mol. The number of nitrogens with one attached hydrogen (secondary N) is 1. The van der Waals surface area contributed by atoms with Crippen LogP contribution in [0.4, 0.5) is 0 Å². The minimum absolute atomic E-state index is 0.858. The first-order valence-corrected chi connectivity index (χ1v) is 11.0. The van der Waals surface area contributed by atoms with Gasteiger partial charge in [-0.3, -0.25) is 5.10 Å². The molecule has 0 saturated heterocycles. The molecule has 0 spiro atoms. The molecule has 4 aromatic rings. The van der Waals surface area contributed by atoms with Crippen LogP contribution in [0, 0.1) is 13.8 Å². The molecule has 0 saturated carbocycles. The minimum atomic E-state index is -0.949. The number of aryl methyl sites for hydroxylation is 2. The van der Waals surface area contributed by atoms with Crippen LogP contribution in [0.3, 0.4) is 0 Å². The van der Waals surface area contributed by atoms with Crippen molar-refractivity contribution >= 4 is 45.4 Å². The highest BCUT2D eigenvalue weighted by Crippen LogP contribution is 2.38. The molecule has 0 unspecified atom stereocenters. The Morgan fingerprint density at radius 1 is 1.10 bits per heavy atom. The molecule has 2 N–H and O–H groups in total. The van der Waals surface area contributed by atoms with Crippen LogP contribution < -0.4 is 0 Å². The van der Waals surface area contributed by atoms with Gasteiger partial charge in [-0.25, -0.2) is 4.79 Å². The van der Waals surface area contributed by atoms with Gasteiger partial charge >= 0.3 is 5.97 Å². The summed E-state index contributed by atoms with van der Waals surface area (Å²) in [5.41, 5.74) is 7.91. The van der Waals surface area contributed by atoms with Crippen molar-refractivity contribution in [3.05, 3.63) is 92.8 Å². The molecule has 0 aliphatic carbocycles. The highest BCUT2D eigenvalue weighted by atomic mass is 32.1. The van der Waals surface area contributed by atoms with Gasteiger partial charge in [0.15, 0.2) is 0 Å². The largest absolute Gasteiger partial charge is 0.478 e. The average molecular weight is 429 g/mol. The quantitative estimate of drug-likeness (QED) is 0.336. The van der Waals surface area contributed by atoms with E-state index in [1.165, 1.54) is 26.5 Å². The van der Waals surface area contributed by atoms with Gasteiger partial charge in [-0.05, 0) is 77.9 Å². The molecule has 2 heterocycles. The summed E-state index contributed by atoms with van der Waals surface area (Å²) in [6, 6.07) is 16.7. The standard InChI is InChI=1S/C26H24N2O2S/c1-4-22(23-13-16(2)31-17(23)3)26(20-10-11-24-21(14-20)15-27-28-24)19-8-5-18(6-9-19)7-12-25(29)30/h5-15H,4H2,1-3H3,(H,27,28)(H,29,30)/b12-7+,26-22+. The molecule has 31 heavy (non-hydrogen) atoms. The third kappa shape index (κ3) is 4.37. The van der Waals surface area contributed by atoms with Crippen molar-refractivity contribution in [1.29, 1.82) is 0 Å². The Hall–Kier alpha value is -3.44. The van der Waals surface area contributed by atoms with E-state index in [-0.39, 0.29) is 0 Å². The van der Waals surface area contributed by atoms with Crippen molar-refractivity contribution in [2.24, 2.45) is 0 Å². The number of aliphatic carboxylic acids is 1. The maximum Gasteiger partial charge on any atom is 0.328 e. The van der Waals surface area contributed by atoms with E-state index in [0.29, 0.717) is 0 Å². The number of hydrogen-bond donors (Lipinski definition) is 2. The van der Waals surface area contributed by atoms with Crippen molar-refractivity contribution in [2.45, 2.75) is 27.2 Å². The molecule has 0 radical (unpaired) electrons. The zero-order valence-electron chi connectivity index (χ0n) is 17.8. The summed E-state index contributed by atoms with van der Waals surface area (Å²) in [7, 11) is 0. The highest BCUT2D eigenvalue weighted by molar-refractivity contribution is 7.12. The van der Waals surface area contributed by atoms with Crippen LogP contribution in [0.25, 0.3) is 28.1 Å². The van der Waals surface area contributed by atoms with E-state index in [4.69, 9.17) is 5.11 Å². The summed E-state index contributed by atoms with van der Waals surface area (Å²) < 4.78 is 0. The Morgan fingerprint density at radius 3 is 2.48 bits per heavy atom. The van der Waals surface area contributed by atoms with E-state index in [2.05, 4.69) is 67.4 Å². The lowest BCUT2D eigenvalue weighted by atomic mass is 9.87. The van der Waals surface area contributed by atoms with E-state index < -0.39 is 5.97 Å². The van der Waals surface area contributed by atoms with Crippen molar-refractivity contribution in [3.8, 4) is 0 Å². The highest BCUT2D eigenvalue weighted by Gasteiger charge is 2.16. The summed E-state index contributed by atoms with van der Waals surface area (Å²) in [6.07, 6.45) is 5.52. The maximum atomic E-state index is 10.8. The molecule has 0 bridgehead atoms. The number of carboxylic acids is 1. The smallest absolute Gasteiger partial charge is 0.328 e. The second-order valence-electron chi connectivity index (χ2n) is 7.50. The molecular weight excluding hydrogens is 404 g/mol. The summed E-state index contributed by atoms with van der Waals surface area (Å²) in [6.45, 7) is 6.52. The predicted octanol–water partition coefficient (Wildman–Crippen LogP) is 6.71. The van der Waals surface area contributed by atoms with Gasteiger partial charge in [0.05, 0.1) is 11.7 Å². The first kappa shape index (κ1) is 20.8. The molecule has 0 aliphatic rings. The average Bonchev–Trinajstić information content (AvgIpc) is 3.35. The second-order valence-corrected chi connectivity index (χ2v) is 8.96. The molecule has 4 rings (SSSR count). The van der Waals surface area contributed by atoms with E-state index >= 15 is 0 Å². The van der Waals surface area contributed by atoms with E-state index in [9.17, 15) is 4.79 Å². The van der Waals surface area contributed by atoms with Gasteiger partial charge in [0.2, 0.25) is 0 Å². The molecule has 5 heteroatoms. The van der Waals surface area contributed by atoms with Crippen LogP contribution in [0.1, 0.15) is 45.4 Å². The summed E-state index contributed by atoms with van der Waals surface area (Å²) in [5, 5.41) is 17.2. The van der Waals surface area contributed by atoms with Gasteiger partial charge in [-0.15, -0.1) is 11.3 Å². The van der Waals surface area contributed by atoms with Crippen molar-refractivity contribution < 1.29 is 9.90 Å². The molecule has 0 aliphatic heterocycles. The van der Waals surface area contributed by atoms with Gasteiger partial charge < -0.3 is 5.11 Å². The number of hydrogen-bond acceptors (Lipinski definition) is 3. The summed E-state index contributed by atoms with van der Waals surface area (Å²) >= 11 is 1.82. The second kappa shape index (κ2) is 8.74. The number of fused-ring (bicyclic) bond motifs is 1. The number of carbonyl (C=O) groups is 1. The molecule has 2 aromatic carbocycles. The number of aromatic amines is 1. The molecular formula is C26H24N2O2S. The lowest BCUT2D eigenvalue weighted by Crippen LogP contribution is -1.95. The Labute approximate surface area is 185 Å². The number of nitrogens with zero attached hydrogens (tertiary/aromatic N) is 1. The van der Waals surface area contributed by atoms with E-state index in [1.54, 1.807) is 6.08 Å². The number of allylic oxidation sites excluding steroid dienone is 1. The third-order valence-electron chi connectivity index (χ3n) is 5.37. The van der Waals surface area contributed by atoms with Crippen LogP contribution in [-0.2, 0) is 4.79 Å². The Bertz CT molecular complexity index is 1310. The number of carboxylic acid groups (broad SMARTS) is 1. The zero-order valence-corrected chi connectivity index (χ0v) is 18.6. The maximum absolute atomic E-state index is 10.8. The summed E-state index contributed by atoms with van der Waals surface area (Å²) in [5.74, 6) is -0.949. The van der Waals surface area contributed by atoms with Crippen LogP contribution in [0.15, 0.2) is 60.8 Å². The van der Waals surface area contributed by atoms with Gasteiger partial charge in [-0.2, -0.15) is 5.10 Å². The van der Waals surface area contributed by atoms with E-state index in [0.717, 1.165) is 40.1 Å². The Balaban J connectivity index is 1.92. The van der Waals surface area contributed by atoms with Gasteiger partial charge in [0.25, 0.3) is 0 Å². The minimum Gasteiger partial charge on any atom is -0.478 e. The van der Waals surface area contributed by atoms with Gasteiger partial charge in [0.1, 0.15) is 0 Å². The fraction of sp³-hybridized carbons (Fsp3) is 0.154. The van der Waals surface area contributed by atoms with Crippen LogP contribution in [0.5, 0.6) is 0 Å². The molecule has 156 valence electrons. The Morgan fingerprint density at radius 2 is 1.84 bits per heavy atom. The number of benzene rings is 2. The fourth-order valence-corrected chi connectivity index (χ4v) is 4.93. The molecule has 0 atom stereocenters. The monoisotopic (exact) mass is 428 g/mol. The lowest BCUT2D eigenvalue weighted by Gasteiger charge is -2.16. The van der Waals surface area contributed by atoms with Crippen LogP contribution in [0.2, 0.25) is 0 Å². The first-order valence-electron chi connectivity index (χ1n) is 10.2. The third-order valence-corrected chi connectivity index (χ3v) is 6.33. The summed E-state index contributed by atoms with van der Waals surface area (Å²) in [4.78, 5) is 13.5. The molecule has 4 nitrogen and oxygen atoms in total. The van der Waals surface area contributed by atoms with Crippen molar-refractivity contribution in [2.75, 3.05) is 0 Å². The lowest BCUT2D eigenvalue weighted by molar-refractivity contribution is -0.131.